The smallest absolute Gasteiger partial charge is 0.236 e. The average Bonchev–Trinajstić information content (AvgIpc) is 2.88. The number of pyridine rings is 1. The number of rotatable bonds is 2. The third-order valence-corrected chi connectivity index (χ3v) is 4.89. The summed E-state index contributed by atoms with van der Waals surface area (Å²) in [7, 11) is 0. The number of aromatic nitrogens is 1. The Balaban J connectivity index is 1.89. The van der Waals surface area contributed by atoms with Crippen molar-refractivity contribution < 1.29 is 4.21 Å². The van der Waals surface area contributed by atoms with E-state index in [1.54, 1.807) is 14.8 Å². The van der Waals surface area contributed by atoms with Crippen molar-refractivity contribution in [3.05, 3.63) is 79.0 Å². The monoisotopic (exact) mass is 307 g/mol. The lowest BCUT2D eigenvalue weighted by atomic mass is 10.3. The molecule has 2 heterocycles. The van der Waals surface area contributed by atoms with Gasteiger partial charge in [-0.3, -0.25) is 0 Å². The number of anilines is 4. The Labute approximate surface area is 131 Å². The second-order valence-electron chi connectivity index (χ2n) is 4.84. The van der Waals surface area contributed by atoms with E-state index < -0.39 is 11.2 Å². The molecule has 0 saturated heterocycles. The lowest BCUT2D eigenvalue weighted by molar-refractivity contribution is 0.684. The van der Waals surface area contributed by atoms with Crippen LogP contribution in [-0.2, 0) is 11.2 Å². The zero-order valence-electron chi connectivity index (χ0n) is 11.7. The molecule has 0 bridgehead atoms. The molecule has 5 heteroatoms. The van der Waals surface area contributed by atoms with E-state index in [2.05, 4.69) is 4.98 Å². The molecule has 0 saturated carbocycles. The Morgan fingerprint density at radius 1 is 0.727 bits per heavy atom. The van der Waals surface area contributed by atoms with Gasteiger partial charge in [0.05, 0.1) is 11.4 Å². The number of hydrogen-bond donors (Lipinski definition) is 0. The third-order valence-electron chi connectivity index (χ3n) is 3.47. The first-order valence-corrected chi connectivity index (χ1v) is 8.00. The van der Waals surface area contributed by atoms with E-state index in [0.717, 1.165) is 17.1 Å². The van der Waals surface area contributed by atoms with E-state index in [1.165, 1.54) is 0 Å². The number of nitrogens with zero attached hydrogens (tertiary/aromatic N) is 3. The summed E-state index contributed by atoms with van der Waals surface area (Å²) < 4.78 is 16.6. The van der Waals surface area contributed by atoms with Gasteiger partial charge in [0.25, 0.3) is 0 Å². The van der Waals surface area contributed by atoms with Crippen LogP contribution < -0.4 is 8.61 Å². The van der Waals surface area contributed by atoms with Crippen LogP contribution in [0.1, 0.15) is 0 Å². The molecule has 108 valence electrons. The molecule has 0 N–H and O–H groups in total. The summed E-state index contributed by atoms with van der Waals surface area (Å²) in [6.45, 7) is 0. The Morgan fingerprint density at radius 2 is 1.32 bits per heavy atom. The van der Waals surface area contributed by atoms with E-state index in [-0.39, 0.29) is 0 Å². The van der Waals surface area contributed by atoms with E-state index in [0.29, 0.717) is 5.82 Å². The van der Waals surface area contributed by atoms with Crippen molar-refractivity contribution in [3.8, 4) is 0 Å². The Hall–Kier alpha value is -2.66. The van der Waals surface area contributed by atoms with Crippen LogP contribution in [0.3, 0.4) is 0 Å². The largest absolute Gasteiger partial charge is 0.238 e. The molecule has 22 heavy (non-hydrogen) atoms. The second-order valence-corrected chi connectivity index (χ2v) is 6.03. The van der Waals surface area contributed by atoms with Gasteiger partial charge in [-0.1, -0.05) is 36.4 Å². The molecule has 1 aliphatic heterocycles. The molecule has 1 unspecified atom stereocenters. The van der Waals surface area contributed by atoms with Crippen molar-refractivity contribution in [1.29, 1.82) is 0 Å². The lowest BCUT2D eigenvalue weighted by Gasteiger charge is -2.19. The molecule has 0 aliphatic carbocycles. The molecule has 1 aromatic heterocycles. The van der Waals surface area contributed by atoms with Gasteiger partial charge < -0.3 is 0 Å². The first-order chi connectivity index (χ1) is 10.9. The highest BCUT2D eigenvalue weighted by atomic mass is 32.2. The zero-order chi connectivity index (χ0) is 14.9. The molecule has 0 fully saturated rings. The summed E-state index contributed by atoms with van der Waals surface area (Å²) in [6.07, 6.45) is 1.72. The van der Waals surface area contributed by atoms with Gasteiger partial charge in [0.15, 0.2) is 5.82 Å². The molecule has 0 amide bonds. The van der Waals surface area contributed by atoms with E-state index >= 15 is 0 Å². The second kappa shape index (κ2) is 5.27. The fourth-order valence-corrected chi connectivity index (χ4v) is 3.88. The predicted octanol–water partition coefficient (Wildman–Crippen LogP) is 3.95. The van der Waals surface area contributed by atoms with E-state index in [4.69, 9.17) is 0 Å². The minimum atomic E-state index is -1.39. The number of fused-ring (bicyclic) bond motifs is 1. The average molecular weight is 307 g/mol. The van der Waals surface area contributed by atoms with Crippen molar-refractivity contribution >= 4 is 34.1 Å². The highest BCUT2D eigenvalue weighted by Gasteiger charge is 2.36. The molecule has 3 aromatic rings. The quantitative estimate of drug-likeness (QED) is 0.719. The van der Waals surface area contributed by atoms with Crippen LogP contribution in [0.15, 0.2) is 79.0 Å². The van der Waals surface area contributed by atoms with Gasteiger partial charge in [-0.25, -0.2) is 17.8 Å². The molecule has 4 rings (SSSR count). The third kappa shape index (κ3) is 1.98. The maximum atomic E-state index is 13.1. The van der Waals surface area contributed by atoms with E-state index in [1.807, 2.05) is 72.8 Å². The number of para-hydroxylation sites is 2. The van der Waals surface area contributed by atoms with Gasteiger partial charge in [0, 0.05) is 6.20 Å². The van der Waals surface area contributed by atoms with Gasteiger partial charge in [-0.15, -0.1) is 0 Å². The predicted molar refractivity (Wildman–Crippen MR) is 89.5 cm³/mol. The van der Waals surface area contributed by atoms with E-state index in [9.17, 15) is 4.21 Å². The highest BCUT2D eigenvalue weighted by molar-refractivity contribution is 7.89. The number of benzene rings is 2. The summed E-state index contributed by atoms with van der Waals surface area (Å²) >= 11 is -1.39. The minimum Gasteiger partial charge on any atom is -0.238 e. The van der Waals surface area contributed by atoms with Crippen molar-refractivity contribution in [3.63, 3.8) is 0 Å². The molecule has 2 aromatic carbocycles. The van der Waals surface area contributed by atoms with Gasteiger partial charge in [-0.2, -0.15) is 0 Å². The van der Waals surface area contributed by atoms with Crippen LogP contribution in [0.2, 0.25) is 0 Å². The van der Waals surface area contributed by atoms with Crippen LogP contribution in [0, 0.1) is 0 Å². The van der Waals surface area contributed by atoms with Crippen molar-refractivity contribution in [2.45, 2.75) is 0 Å². The van der Waals surface area contributed by atoms with Crippen molar-refractivity contribution in [2.24, 2.45) is 0 Å². The maximum Gasteiger partial charge on any atom is 0.236 e. The topological polar surface area (TPSA) is 36.4 Å². The Bertz CT molecular complexity index is 755. The van der Waals surface area contributed by atoms with Crippen molar-refractivity contribution in [1.82, 2.24) is 4.98 Å². The molecule has 0 radical (unpaired) electrons. The SMILES string of the molecule is O=S1N(c2ccccc2)c2cccnc2N1c1ccccc1. The fourth-order valence-electron chi connectivity index (χ4n) is 2.51. The minimum absolute atomic E-state index is 0.705. The molecule has 1 atom stereocenters. The molecular weight excluding hydrogens is 294 g/mol. The summed E-state index contributed by atoms with van der Waals surface area (Å²) in [5, 5.41) is 0. The Kier molecular flexibility index (Phi) is 3.12. The maximum absolute atomic E-state index is 13.1. The van der Waals surface area contributed by atoms with Gasteiger partial charge in [0.2, 0.25) is 11.2 Å². The first kappa shape index (κ1) is 13.0. The first-order valence-electron chi connectivity index (χ1n) is 6.93. The van der Waals surface area contributed by atoms with Gasteiger partial charge in [0.1, 0.15) is 5.69 Å². The number of hydrogen-bond acceptors (Lipinski definition) is 2. The highest BCUT2D eigenvalue weighted by Crippen LogP contribution is 2.45. The van der Waals surface area contributed by atoms with Gasteiger partial charge in [-0.05, 0) is 36.4 Å². The van der Waals surface area contributed by atoms with Crippen LogP contribution in [0.4, 0.5) is 22.9 Å². The molecular formula is C17H13N3OS. The van der Waals surface area contributed by atoms with Crippen LogP contribution in [0.5, 0.6) is 0 Å². The molecule has 1 aliphatic rings. The lowest BCUT2D eigenvalue weighted by Crippen LogP contribution is -2.25. The standard InChI is InChI=1S/C17H13N3OS/c21-22-19(14-8-3-1-4-9-14)16-12-7-13-18-17(16)20(22)15-10-5-2-6-11-15/h1-13H. The summed E-state index contributed by atoms with van der Waals surface area (Å²) in [6, 6.07) is 23.2. The summed E-state index contributed by atoms with van der Waals surface area (Å²) in [5.41, 5.74) is 2.59. The molecule has 0 spiro atoms. The zero-order valence-corrected chi connectivity index (χ0v) is 12.5. The Morgan fingerprint density at radius 3 is 1.95 bits per heavy atom. The summed E-state index contributed by atoms with van der Waals surface area (Å²) in [4.78, 5) is 4.43. The van der Waals surface area contributed by atoms with Crippen LogP contribution in [-0.4, -0.2) is 9.19 Å². The fraction of sp³-hybridized carbons (Fsp3) is 0. The molecule has 4 nitrogen and oxygen atoms in total. The normalized spacial score (nSPS) is 16.6. The van der Waals surface area contributed by atoms with Crippen LogP contribution >= 0.6 is 0 Å². The summed E-state index contributed by atoms with van der Waals surface area (Å²) in [5.74, 6) is 0.705. The van der Waals surface area contributed by atoms with Gasteiger partial charge >= 0.3 is 0 Å². The van der Waals surface area contributed by atoms with Crippen LogP contribution in [0.25, 0.3) is 0 Å². The van der Waals surface area contributed by atoms with Crippen molar-refractivity contribution in [2.75, 3.05) is 8.61 Å².